The lowest BCUT2D eigenvalue weighted by Gasteiger charge is -2.02. The van der Waals surface area contributed by atoms with Crippen LogP contribution in [0.2, 0.25) is 0 Å². The van der Waals surface area contributed by atoms with Gasteiger partial charge < -0.3 is 10.2 Å². The molecule has 2 aromatic carbocycles. The molecule has 2 N–H and O–H groups in total. The Kier molecular flexibility index (Phi) is 3.53. The summed E-state index contributed by atoms with van der Waals surface area (Å²) in [6.45, 7) is 0. The third-order valence-electron chi connectivity index (χ3n) is 3.23. The molecular formula is C17H12N2O3. The normalized spacial score (nSPS) is 11.1. The van der Waals surface area contributed by atoms with Crippen LogP contribution < -0.4 is 0 Å². The molecule has 0 atom stereocenters. The minimum absolute atomic E-state index is 0.0291. The van der Waals surface area contributed by atoms with Gasteiger partial charge in [-0.15, -0.1) is 0 Å². The van der Waals surface area contributed by atoms with E-state index in [2.05, 4.69) is 9.98 Å². The molecule has 0 spiro atoms. The quantitative estimate of drug-likeness (QED) is 0.725. The molecule has 1 heterocycles. The van der Waals surface area contributed by atoms with Gasteiger partial charge in [-0.25, -0.2) is 4.79 Å². The number of fused-ring (bicyclic) bond motifs is 1. The number of aliphatic imine (C=N–C) groups is 1. The highest BCUT2D eigenvalue weighted by molar-refractivity contribution is 5.94. The van der Waals surface area contributed by atoms with E-state index in [1.54, 1.807) is 6.20 Å². The summed E-state index contributed by atoms with van der Waals surface area (Å²) >= 11 is 0. The van der Waals surface area contributed by atoms with Gasteiger partial charge in [-0.3, -0.25) is 9.98 Å². The molecule has 22 heavy (non-hydrogen) atoms. The van der Waals surface area contributed by atoms with Crippen molar-refractivity contribution in [3.63, 3.8) is 0 Å². The highest BCUT2D eigenvalue weighted by Crippen LogP contribution is 2.24. The van der Waals surface area contributed by atoms with E-state index in [0.717, 1.165) is 10.9 Å². The van der Waals surface area contributed by atoms with Crippen LogP contribution in [0.15, 0.2) is 59.7 Å². The van der Waals surface area contributed by atoms with Gasteiger partial charge in [0.15, 0.2) is 0 Å². The topological polar surface area (TPSA) is 82.8 Å². The number of benzene rings is 2. The average molecular weight is 292 g/mol. The van der Waals surface area contributed by atoms with Crippen molar-refractivity contribution in [1.29, 1.82) is 0 Å². The van der Waals surface area contributed by atoms with E-state index in [9.17, 15) is 9.90 Å². The molecule has 0 amide bonds. The van der Waals surface area contributed by atoms with E-state index in [4.69, 9.17) is 5.11 Å². The van der Waals surface area contributed by atoms with Crippen LogP contribution in [-0.2, 0) is 0 Å². The zero-order chi connectivity index (χ0) is 15.5. The van der Waals surface area contributed by atoms with E-state index in [1.807, 2.05) is 30.3 Å². The number of carboxylic acid groups (broad SMARTS) is 1. The number of hydrogen-bond acceptors (Lipinski definition) is 4. The van der Waals surface area contributed by atoms with Crippen molar-refractivity contribution in [1.82, 2.24) is 4.98 Å². The maximum Gasteiger partial charge on any atom is 0.335 e. The van der Waals surface area contributed by atoms with Gasteiger partial charge in [-0.05, 0) is 30.3 Å². The first-order chi connectivity index (χ1) is 10.6. The van der Waals surface area contributed by atoms with E-state index < -0.39 is 5.97 Å². The van der Waals surface area contributed by atoms with Crippen LogP contribution in [-0.4, -0.2) is 27.4 Å². The van der Waals surface area contributed by atoms with Crippen molar-refractivity contribution in [3.05, 3.63) is 65.9 Å². The van der Waals surface area contributed by atoms with E-state index >= 15 is 0 Å². The van der Waals surface area contributed by atoms with Gasteiger partial charge in [0, 0.05) is 23.4 Å². The van der Waals surface area contributed by atoms with Crippen LogP contribution >= 0.6 is 0 Å². The molecule has 0 saturated heterocycles. The van der Waals surface area contributed by atoms with Gasteiger partial charge in [0.1, 0.15) is 5.75 Å². The third-order valence-corrected chi connectivity index (χ3v) is 3.23. The predicted octanol–water partition coefficient (Wildman–Crippen LogP) is 3.39. The second kappa shape index (κ2) is 5.65. The molecule has 0 saturated carbocycles. The summed E-state index contributed by atoms with van der Waals surface area (Å²) in [6, 6.07) is 13.6. The predicted molar refractivity (Wildman–Crippen MR) is 84.1 cm³/mol. The lowest BCUT2D eigenvalue weighted by Crippen LogP contribution is -1.96. The van der Waals surface area contributed by atoms with Gasteiger partial charge in [0.25, 0.3) is 0 Å². The van der Waals surface area contributed by atoms with Crippen LogP contribution in [0.3, 0.4) is 0 Å². The summed E-state index contributed by atoms with van der Waals surface area (Å²) in [6.07, 6.45) is 3.19. The fraction of sp³-hybridized carbons (Fsp3) is 0. The molecule has 0 bridgehead atoms. The SMILES string of the molecule is O=C(O)c1ccc(C=Nc2cccc3cccnc23)c(O)c1. The fourth-order valence-electron chi connectivity index (χ4n) is 2.12. The lowest BCUT2D eigenvalue weighted by atomic mass is 10.1. The Morgan fingerprint density at radius 2 is 1.95 bits per heavy atom. The first-order valence-electron chi connectivity index (χ1n) is 6.59. The first-order valence-corrected chi connectivity index (χ1v) is 6.59. The number of rotatable bonds is 3. The van der Waals surface area contributed by atoms with Gasteiger partial charge in [0.2, 0.25) is 0 Å². The van der Waals surface area contributed by atoms with Crippen LogP contribution in [0.4, 0.5) is 5.69 Å². The molecule has 3 aromatic rings. The Balaban J connectivity index is 1.98. The van der Waals surface area contributed by atoms with Gasteiger partial charge >= 0.3 is 5.97 Å². The first kappa shape index (κ1) is 13.8. The summed E-state index contributed by atoms with van der Waals surface area (Å²) in [5, 5.41) is 19.7. The smallest absolute Gasteiger partial charge is 0.335 e. The van der Waals surface area contributed by atoms with Crippen molar-refractivity contribution in [2.75, 3.05) is 0 Å². The Labute approximate surface area is 126 Å². The Morgan fingerprint density at radius 3 is 2.73 bits per heavy atom. The number of aromatic hydroxyl groups is 1. The van der Waals surface area contributed by atoms with E-state index in [-0.39, 0.29) is 11.3 Å². The monoisotopic (exact) mass is 292 g/mol. The summed E-state index contributed by atoms with van der Waals surface area (Å²) in [7, 11) is 0. The molecule has 108 valence electrons. The van der Waals surface area contributed by atoms with Crippen LogP contribution in [0.25, 0.3) is 10.9 Å². The molecule has 5 nitrogen and oxygen atoms in total. The maximum absolute atomic E-state index is 10.8. The number of hydrogen-bond donors (Lipinski definition) is 2. The van der Waals surface area contributed by atoms with Gasteiger partial charge in [-0.1, -0.05) is 18.2 Å². The third kappa shape index (κ3) is 2.64. The van der Waals surface area contributed by atoms with Crippen LogP contribution in [0.1, 0.15) is 15.9 Å². The number of pyridine rings is 1. The molecule has 0 aliphatic carbocycles. The largest absolute Gasteiger partial charge is 0.507 e. The van der Waals surface area contributed by atoms with Crippen LogP contribution in [0, 0.1) is 0 Å². The Morgan fingerprint density at radius 1 is 1.14 bits per heavy atom. The van der Waals surface area contributed by atoms with E-state index in [0.29, 0.717) is 11.3 Å². The number of carboxylic acids is 1. The Hall–Kier alpha value is -3.21. The number of phenols is 1. The zero-order valence-electron chi connectivity index (χ0n) is 11.5. The fourth-order valence-corrected chi connectivity index (χ4v) is 2.12. The van der Waals surface area contributed by atoms with Gasteiger partial charge in [-0.2, -0.15) is 0 Å². The molecule has 0 fully saturated rings. The summed E-state index contributed by atoms with van der Waals surface area (Å²) in [5.74, 6) is -1.21. The minimum Gasteiger partial charge on any atom is -0.507 e. The van der Waals surface area contributed by atoms with Crippen molar-refractivity contribution < 1.29 is 15.0 Å². The highest BCUT2D eigenvalue weighted by Gasteiger charge is 2.06. The van der Waals surface area contributed by atoms with Gasteiger partial charge in [0.05, 0.1) is 16.8 Å². The molecule has 3 rings (SSSR count). The summed E-state index contributed by atoms with van der Waals surface area (Å²) < 4.78 is 0. The number of aromatic nitrogens is 1. The number of para-hydroxylation sites is 1. The highest BCUT2D eigenvalue weighted by atomic mass is 16.4. The molecule has 1 aromatic heterocycles. The van der Waals surface area contributed by atoms with Crippen molar-refractivity contribution in [2.24, 2.45) is 4.99 Å². The Bertz CT molecular complexity index is 883. The molecular weight excluding hydrogens is 280 g/mol. The number of nitrogens with zero attached hydrogens (tertiary/aromatic N) is 2. The molecule has 0 aliphatic rings. The van der Waals surface area contributed by atoms with Crippen molar-refractivity contribution in [3.8, 4) is 5.75 Å². The molecule has 0 aliphatic heterocycles. The number of phenolic OH excluding ortho intramolecular Hbond substituents is 1. The van der Waals surface area contributed by atoms with E-state index in [1.165, 1.54) is 24.4 Å². The maximum atomic E-state index is 10.8. The lowest BCUT2D eigenvalue weighted by molar-refractivity contribution is 0.0696. The van der Waals surface area contributed by atoms with Crippen LogP contribution in [0.5, 0.6) is 5.75 Å². The second-order valence-electron chi connectivity index (χ2n) is 4.69. The molecule has 0 unspecified atom stereocenters. The summed E-state index contributed by atoms with van der Waals surface area (Å²) in [4.78, 5) is 19.5. The second-order valence-corrected chi connectivity index (χ2v) is 4.69. The number of aromatic carboxylic acids is 1. The average Bonchev–Trinajstić information content (AvgIpc) is 2.53. The summed E-state index contributed by atoms with van der Waals surface area (Å²) in [5.41, 5.74) is 1.92. The zero-order valence-corrected chi connectivity index (χ0v) is 11.5. The number of carbonyl (C=O) groups is 1. The molecule has 5 heteroatoms. The minimum atomic E-state index is -1.09. The standard InChI is InChI=1S/C17H12N2O3/c20-15-9-12(17(21)22)6-7-13(15)10-19-14-5-1-3-11-4-2-8-18-16(11)14/h1-10,20H,(H,21,22). The van der Waals surface area contributed by atoms with Crippen molar-refractivity contribution in [2.45, 2.75) is 0 Å². The molecule has 0 radical (unpaired) electrons. The van der Waals surface area contributed by atoms with Crippen molar-refractivity contribution >= 4 is 28.8 Å².